The van der Waals surface area contributed by atoms with E-state index in [2.05, 4.69) is 40.0 Å². The van der Waals surface area contributed by atoms with E-state index >= 15 is 0 Å². The minimum atomic E-state index is -0.158. The van der Waals surface area contributed by atoms with Crippen molar-refractivity contribution in [3.05, 3.63) is 39.9 Å². The van der Waals surface area contributed by atoms with Crippen molar-refractivity contribution in [2.24, 2.45) is 0 Å². The third-order valence-corrected chi connectivity index (χ3v) is 5.59. The first-order valence-electron chi connectivity index (χ1n) is 7.70. The molecule has 3 rings (SSSR count). The molecule has 1 aliphatic rings. The Morgan fingerprint density at radius 1 is 1.22 bits per heavy atom. The average molecular weight is 351 g/mol. The van der Waals surface area contributed by atoms with Crippen LogP contribution < -0.4 is 10.6 Å². The molecule has 2 N–H and O–H groups in total. The van der Waals surface area contributed by atoms with Crippen molar-refractivity contribution in [2.75, 3.05) is 31.6 Å². The van der Waals surface area contributed by atoms with Gasteiger partial charge in [-0.1, -0.05) is 6.07 Å². The monoisotopic (exact) mass is 351 g/mol. The molecule has 0 saturated carbocycles. The van der Waals surface area contributed by atoms with E-state index < -0.39 is 0 Å². The molecule has 0 aliphatic carbocycles. The Morgan fingerprint density at radius 3 is 2.61 bits per heavy atom. The van der Waals surface area contributed by atoms with Gasteiger partial charge in [-0.3, -0.25) is 10.2 Å². The minimum Gasteiger partial charge on any atom is -0.379 e. The van der Waals surface area contributed by atoms with E-state index in [0.717, 1.165) is 31.3 Å². The standard InChI is InChI=1S/C16H21N3O2S2/c1-12(17-16(20)18-14-5-3-11-23-14)15(13-4-2-10-22-13)19-6-8-21-9-7-19/h2-5,10-12,15H,6-9H2,1H3,(H2,17,18,20)/t12-,15+/m1/s1. The van der Waals surface area contributed by atoms with Gasteiger partial charge in [0.05, 0.1) is 24.3 Å². The molecule has 2 amide bonds. The Labute approximate surface area is 144 Å². The molecule has 0 unspecified atom stereocenters. The molecule has 0 aromatic carbocycles. The lowest BCUT2D eigenvalue weighted by Crippen LogP contribution is -2.49. The molecule has 2 aromatic heterocycles. The number of anilines is 1. The van der Waals surface area contributed by atoms with Gasteiger partial charge in [0.1, 0.15) is 0 Å². The maximum Gasteiger partial charge on any atom is 0.320 e. The fourth-order valence-corrected chi connectivity index (χ4v) is 4.42. The van der Waals surface area contributed by atoms with Crippen LogP contribution in [0.1, 0.15) is 17.8 Å². The molecule has 2 aromatic rings. The molecule has 1 fully saturated rings. The van der Waals surface area contributed by atoms with E-state index in [1.165, 1.54) is 16.2 Å². The molecule has 1 aliphatic heterocycles. The van der Waals surface area contributed by atoms with Crippen molar-refractivity contribution in [1.82, 2.24) is 10.2 Å². The smallest absolute Gasteiger partial charge is 0.320 e. The Balaban J connectivity index is 1.67. The van der Waals surface area contributed by atoms with Gasteiger partial charge in [-0.25, -0.2) is 4.79 Å². The number of rotatable bonds is 5. The SMILES string of the molecule is C[C@@H](NC(=O)Nc1cccs1)[C@@H](c1cccs1)N1CCOCC1. The number of hydrogen-bond donors (Lipinski definition) is 2. The van der Waals surface area contributed by atoms with Crippen molar-refractivity contribution >= 4 is 33.7 Å². The summed E-state index contributed by atoms with van der Waals surface area (Å²) in [6.07, 6.45) is 0. The van der Waals surface area contributed by atoms with Crippen LogP contribution in [0.15, 0.2) is 35.0 Å². The van der Waals surface area contributed by atoms with Crippen LogP contribution >= 0.6 is 22.7 Å². The summed E-state index contributed by atoms with van der Waals surface area (Å²) in [7, 11) is 0. The van der Waals surface area contributed by atoms with Crippen LogP contribution in [0, 0.1) is 0 Å². The van der Waals surface area contributed by atoms with Crippen molar-refractivity contribution in [3.8, 4) is 0 Å². The fourth-order valence-electron chi connectivity index (χ4n) is 2.84. The number of nitrogens with zero attached hydrogens (tertiary/aromatic N) is 1. The quantitative estimate of drug-likeness (QED) is 0.868. The maximum absolute atomic E-state index is 12.2. The molecule has 0 bridgehead atoms. The van der Waals surface area contributed by atoms with Crippen LogP contribution in [-0.2, 0) is 4.74 Å². The maximum atomic E-state index is 12.2. The van der Waals surface area contributed by atoms with Gasteiger partial charge in [0.2, 0.25) is 0 Å². The van der Waals surface area contributed by atoms with Crippen LogP contribution in [0.4, 0.5) is 9.80 Å². The lowest BCUT2D eigenvalue weighted by atomic mass is 10.1. The second-order valence-electron chi connectivity index (χ2n) is 5.47. The van der Waals surface area contributed by atoms with Gasteiger partial charge >= 0.3 is 6.03 Å². The Hall–Kier alpha value is -1.41. The molecule has 3 heterocycles. The van der Waals surface area contributed by atoms with E-state index in [1.54, 1.807) is 11.3 Å². The van der Waals surface area contributed by atoms with Crippen LogP contribution in [0.25, 0.3) is 0 Å². The van der Waals surface area contributed by atoms with Gasteiger partial charge in [0.25, 0.3) is 0 Å². The van der Waals surface area contributed by atoms with Crippen LogP contribution in [0.5, 0.6) is 0 Å². The molecule has 0 spiro atoms. The lowest BCUT2D eigenvalue weighted by Gasteiger charge is -2.37. The zero-order chi connectivity index (χ0) is 16.1. The number of amides is 2. The number of carbonyl (C=O) groups excluding carboxylic acids is 1. The zero-order valence-electron chi connectivity index (χ0n) is 13.0. The molecule has 2 atom stereocenters. The van der Waals surface area contributed by atoms with Crippen LogP contribution in [0.3, 0.4) is 0 Å². The lowest BCUT2D eigenvalue weighted by molar-refractivity contribution is 0.0106. The molecule has 7 heteroatoms. The van der Waals surface area contributed by atoms with Gasteiger partial charge in [-0.05, 0) is 35.9 Å². The minimum absolute atomic E-state index is 0.00622. The van der Waals surface area contributed by atoms with Crippen molar-refractivity contribution in [3.63, 3.8) is 0 Å². The summed E-state index contributed by atoms with van der Waals surface area (Å²) < 4.78 is 5.46. The van der Waals surface area contributed by atoms with Crippen molar-refractivity contribution in [1.29, 1.82) is 0 Å². The topological polar surface area (TPSA) is 53.6 Å². The highest BCUT2D eigenvalue weighted by Gasteiger charge is 2.29. The van der Waals surface area contributed by atoms with E-state index in [1.807, 2.05) is 17.5 Å². The summed E-state index contributed by atoms with van der Waals surface area (Å²) in [4.78, 5) is 15.9. The molecular formula is C16H21N3O2S2. The molecule has 5 nitrogen and oxygen atoms in total. The summed E-state index contributed by atoms with van der Waals surface area (Å²) in [6.45, 7) is 5.34. The van der Waals surface area contributed by atoms with Gasteiger partial charge in [0.15, 0.2) is 0 Å². The number of morpholine rings is 1. The molecule has 1 saturated heterocycles. The summed E-state index contributed by atoms with van der Waals surface area (Å²) >= 11 is 3.25. The number of ether oxygens (including phenoxy) is 1. The van der Waals surface area contributed by atoms with Gasteiger partial charge in [-0.2, -0.15) is 0 Å². The predicted octanol–water partition coefficient (Wildman–Crippen LogP) is 3.39. The number of nitrogens with one attached hydrogen (secondary N) is 2. The van der Waals surface area contributed by atoms with E-state index in [9.17, 15) is 4.79 Å². The highest BCUT2D eigenvalue weighted by atomic mass is 32.1. The third-order valence-electron chi connectivity index (χ3n) is 3.86. The van der Waals surface area contributed by atoms with E-state index in [4.69, 9.17) is 4.74 Å². The van der Waals surface area contributed by atoms with Gasteiger partial charge in [0, 0.05) is 24.0 Å². The second kappa shape index (κ2) is 7.92. The normalized spacial score (nSPS) is 18.3. The number of carbonyl (C=O) groups is 1. The number of hydrogen-bond acceptors (Lipinski definition) is 5. The van der Waals surface area contributed by atoms with E-state index in [0.29, 0.717) is 0 Å². The highest BCUT2D eigenvalue weighted by molar-refractivity contribution is 7.14. The van der Waals surface area contributed by atoms with Crippen molar-refractivity contribution < 1.29 is 9.53 Å². The van der Waals surface area contributed by atoms with Crippen LogP contribution in [-0.4, -0.2) is 43.3 Å². The highest BCUT2D eigenvalue weighted by Crippen LogP contribution is 2.29. The second-order valence-corrected chi connectivity index (χ2v) is 7.40. The predicted molar refractivity (Wildman–Crippen MR) is 95.4 cm³/mol. The summed E-state index contributed by atoms with van der Waals surface area (Å²) in [6, 6.07) is 8.04. The number of urea groups is 1. The average Bonchev–Trinajstić information content (AvgIpc) is 3.22. The molecule has 124 valence electrons. The third kappa shape index (κ3) is 4.32. The largest absolute Gasteiger partial charge is 0.379 e. The summed E-state index contributed by atoms with van der Waals surface area (Å²) in [5.74, 6) is 0. The Morgan fingerprint density at radius 2 is 1.96 bits per heavy atom. The number of thiophene rings is 2. The summed E-state index contributed by atoms with van der Waals surface area (Å²) in [5, 5.41) is 10.9. The first kappa shape index (κ1) is 16.4. The van der Waals surface area contributed by atoms with E-state index in [-0.39, 0.29) is 18.1 Å². The molecule has 0 radical (unpaired) electrons. The Bertz CT molecular complexity index is 595. The van der Waals surface area contributed by atoms with Crippen LogP contribution in [0.2, 0.25) is 0 Å². The Kier molecular flexibility index (Phi) is 5.66. The van der Waals surface area contributed by atoms with Crippen molar-refractivity contribution in [2.45, 2.75) is 19.0 Å². The van der Waals surface area contributed by atoms with Gasteiger partial charge < -0.3 is 10.1 Å². The first-order valence-corrected chi connectivity index (χ1v) is 9.46. The first-order chi connectivity index (χ1) is 11.2. The zero-order valence-corrected chi connectivity index (χ0v) is 14.7. The molecule has 23 heavy (non-hydrogen) atoms. The van der Waals surface area contributed by atoms with Gasteiger partial charge in [-0.15, -0.1) is 22.7 Å². The molecular weight excluding hydrogens is 330 g/mol. The fraction of sp³-hybridized carbons (Fsp3) is 0.438. The summed E-state index contributed by atoms with van der Waals surface area (Å²) in [5.41, 5.74) is 0.